The third-order valence-electron chi connectivity index (χ3n) is 2.23. The lowest BCUT2D eigenvalue weighted by Crippen LogP contribution is -2.31. The van der Waals surface area contributed by atoms with Crippen LogP contribution in [0.5, 0.6) is 0 Å². The first kappa shape index (κ1) is 15.9. The van der Waals surface area contributed by atoms with E-state index in [2.05, 4.69) is 16.0 Å². The van der Waals surface area contributed by atoms with Gasteiger partial charge in [-0.25, -0.2) is 4.79 Å². The Morgan fingerprint density at radius 1 is 1.05 bits per heavy atom. The Kier molecular flexibility index (Phi) is 7.08. The molecule has 0 aromatic heterocycles. The first-order chi connectivity index (χ1) is 9.61. The number of hydrogen-bond donors (Lipinski definition) is 3. The fourth-order valence-corrected chi connectivity index (χ4v) is 1.35. The van der Waals surface area contributed by atoms with Crippen LogP contribution in [-0.4, -0.2) is 39.0 Å². The first-order valence-electron chi connectivity index (χ1n) is 6.11. The van der Waals surface area contributed by atoms with Gasteiger partial charge in [0.15, 0.2) is 0 Å². The highest BCUT2D eigenvalue weighted by Crippen LogP contribution is 2.13. The molecule has 110 valence electrons. The van der Waals surface area contributed by atoms with Crippen molar-refractivity contribution in [1.82, 2.24) is 5.32 Å². The molecule has 0 bridgehead atoms. The van der Waals surface area contributed by atoms with Crippen LogP contribution in [-0.2, 0) is 14.3 Å². The van der Waals surface area contributed by atoms with Gasteiger partial charge >= 0.3 is 6.03 Å². The fourth-order valence-electron chi connectivity index (χ4n) is 1.35. The van der Waals surface area contributed by atoms with Gasteiger partial charge in [-0.15, -0.1) is 0 Å². The molecule has 0 unspecified atom stereocenters. The third-order valence-corrected chi connectivity index (χ3v) is 2.23. The highest BCUT2D eigenvalue weighted by Gasteiger charge is 2.01. The number of ether oxygens (including phenoxy) is 2. The molecule has 1 aromatic rings. The van der Waals surface area contributed by atoms with Gasteiger partial charge in [-0.05, 0) is 24.3 Å². The lowest BCUT2D eigenvalue weighted by atomic mass is 10.3. The van der Waals surface area contributed by atoms with E-state index >= 15 is 0 Å². The van der Waals surface area contributed by atoms with E-state index in [1.807, 2.05) is 0 Å². The molecular formula is C13H19N3O4. The smallest absolute Gasteiger partial charge is 0.321 e. The molecule has 0 radical (unpaired) electrons. The Hall–Kier alpha value is -2.12. The third kappa shape index (κ3) is 6.72. The molecule has 0 saturated carbocycles. The minimum atomic E-state index is -0.366. The second kappa shape index (κ2) is 8.89. The van der Waals surface area contributed by atoms with Crippen molar-refractivity contribution in [2.24, 2.45) is 0 Å². The molecule has 0 spiro atoms. The molecule has 1 rings (SSSR count). The van der Waals surface area contributed by atoms with E-state index in [0.29, 0.717) is 24.6 Å². The van der Waals surface area contributed by atoms with Crippen molar-refractivity contribution in [3.05, 3.63) is 24.3 Å². The average molecular weight is 281 g/mol. The van der Waals surface area contributed by atoms with Crippen LogP contribution in [0.3, 0.4) is 0 Å². The van der Waals surface area contributed by atoms with Gasteiger partial charge in [-0.1, -0.05) is 0 Å². The molecule has 1 aromatic carbocycles. The van der Waals surface area contributed by atoms with Gasteiger partial charge in [0.05, 0.1) is 13.2 Å². The average Bonchev–Trinajstić information content (AvgIpc) is 2.40. The normalized spacial score (nSPS) is 9.90. The number of benzene rings is 1. The van der Waals surface area contributed by atoms with Crippen LogP contribution >= 0.6 is 0 Å². The van der Waals surface area contributed by atoms with Gasteiger partial charge < -0.3 is 25.4 Å². The van der Waals surface area contributed by atoms with Crippen molar-refractivity contribution in [1.29, 1.82) is 0 Å². The van der Waals surface area contributed by atoms with Gasteiger partial charge in [0, 0.05) is 25.4 Å². The van der Waals surface area contributed by atoms with Gasteiger partial charge in [-0.3, -0.25) is 4.79 Å². The van der Waals surface area contributed by atoms with Crippen LogP contribution in [0.15, 0.2) is 24.3 Å². The number of anilines is 2. The highest BCUT2D eigenvalue weighted by atomic mass is 16.5. The zero-order valence-electron chi connectivity index (χ0n) is 11.6. The summed E-state index contributed by atoms with van der Waals surface area (Å²) in [6.45, 7) is 2.44. The van der Waals surface area contributed by atoms with Gasteiger partial charge in [0.2, 0.25) is 5.91 Å². The van der Waals surface area contributed by atoms with E-state index in [-0.39, 0.29) is 18.7 Å². The maximum atomic E-state index is 11.5. The molecule has 0 aliphatic rings. The number of hydrogen-bond acceptors (Lipinski definition) is 4. The van der Waals surface area contributed by atoms with Gasteiger partial charge in [0.25, 0.3) is 0 Å². The number of rotatable bonds is 7. The molecular weight excluding hydrogens is 262 g/mol. The second-order valence-corrected chi connectivity index (χ2v) is 3.93. The van der Waals surface area contributed by atoms with E-state index in [0.717, 1.165) is 0 Å². The summed E-state index contributed by atoms with van der Waals surface area (Å²) >= 11 is 0. The molecule has 0 saturated heterocycles. The van der Waals surface area contributed by atoms with Crippen molar-refractivity contribution in [2.45, 2.75) is 6.92 Å². The zero-order valence-corrected chi connectivity index (χ0v) is 11.6. The van der Waals surface area contributed by atoms with Crippen LogP contribution in [0.1, 0.15) is 6.92 Å². The minimum absolute atomic E-state index is 0.110. The van der Waals surface area contributed by atoms with Crippen LogP contribution in [0.25, 0.3) is 0 Å². The summed E-state index contributed by atoms with van der Waals surface area (Å²) in [5.41, 5.74) is 1.29. The largest absolute Gasteiger partial charge is 0.382 e. The number of nitrogens with one attached hydrogen (secondary N) is 3. The SMILES string of the molecule is COCCOCNC(=O)Nc1ccc(NC(C)=O)cc1. The predicted molar refractivity (Wildman–Crippen MR) is 75.6 cm³/mol. The molecule has 7 nitrogen and oxygen atoms in total. The van der Waals surface area contributed by atoms with E-state index in [4.69, 9.17) is 9.47 Å². The summed E-state index contributed by atoms with van der Waals surface area (Å²) in [6.07, 6.45) is 0. The number of carbonyl (C=O) groups excluding carboxylic acids is 2. The van der Waals surface area contributed by atoms with Crippen molar-refractivity contribution >= 4 is 23.3 Å². The molecule has 3 amide bonds. The van der Waals surface area contributed by atoms with Crippen LogP contribution in [0.2, 0.25) is 0 Å². The minimum Gasteiger partial charge on any atom is -0.382 e. The fraction of sp³-hybridized carbons (Fsp3) is 0.385. The monoisotopic (exact) mass is 281 g/mol. The van der Waals surface area contributed by atoms with Crippen LogP contribution in [0.4, 0.5) is 16.2 Å². The molecule has 20 heavy (non-hydrogen) atoms. The second-order valence-electron chi connectivity index (χ2n) is 3.93. The summed E-state index contributed by atoms with van der Waals surface area (Å²) < 4.78 is 9.90. The lowest BCUT2D eigenvalue weighted by molar-refractivity contribution is -0.114. The molecule has 0 aliphatic carbocycles. The Labute approximate surface area is 117 Å². The van der Waals surface area contributed by atoms with E-state index in [9.17, 15) is 9.59 Å². The number of carbonyl (C=O) groups is 2. The van der Waals surface area contributed by atoms with E-state index in [1.165, 1.54) is 6.92 Å². The Balaban J connectivity index is 2.29. The van der Waals surface area contributed by atoms with Gasteiger partial charge in [0.1, 0.15) is 6.73 Å². The quantitative estimate of drug-likeness (QED) is 0.520. The maximum absolute atomic E-state index is 11.5. The molecule has 0 aliphatic heterocycles. The summed E-state index contributed by atoms with van der Waals surface area (Å²) in [7, 11) is 1.58. The highest BCUT2D eigenvalue weighted by molar-refractivity contribution is 5.91. The van der Waals surface area contributed by atoms with E-state index < -0.39 is 0 Å². The summed E-state index contributed by atoms with van der Waals surface area (Å²) in [5.74, 6) is -0.142. The summed E-state index contributed by atoms with van der Waals surface area (Å²) in [5, 5.41) is 7.82. The topological polar surface area (TPSA) is 88.7 Å². The molecule has 3 N–H and O–H groups in total. The lowest BCUT2D eigenvalue weighted by Gasteiger charge is -2.09. The number of urea groups is 1. The zero-order chi connectivity index (χ0) is 14.8. The van der Waals surface area contributed by atoms with Crippen LogP contribution < -0.4 is 16.0 Å². The Bertz CT molecular complexity index is 434. The molecule has 0 fully saturated rings. The first-order valence-corrected chi connectivity index (χ1v) is 6.11. The maximum Gasteiger partial charge on any atom is 0.321 e. The van der Waals surface area contributed by atoms with Crippen molar-refractivity contribution in [2.75, 3.05) is 37.7 Å². The van der Waals surface area contributed by atoms with Crippen molar-refractivity contribution in [3.8, 4) is 0 Å². The summed E-state index contributed by atoms with van der Waals surface area (Å²) in [6, 6.07) is 6.42. The molecule has 7 heteroatoms. The number of amides is 3. The number of methoxy groups -OCH3 is 1. The summed E-state index contributed by atoms with van der Waals surface area (Å²) in [4.78, 5) is 22.4. The van der Waals surface area contributed by atoms with Crippen LogP contribution in [0, 0.1) is 0 Å². The van der Waals surface area contributed by atoms with E-state index in [1.54, 1.807) is 31.4 Å². The van der Waals surface area contributed by atoms with Crippen molar-refractivity contribution < 1.29 is 19.1 Å². The molecule has 0 heterocycles. The van der Waals surface area contributed by atoms with Gasteiger partial charge in [-0.2, -0.15) is 0 Å². The van der Waals surface area contributed by atoms with Crippen molar-refractivity contribution in [3.63, 3.8) is 0 Å². The molecule has 0 atom stereocenters. The Morgan fingerprint density at radius 3 is 2.20 bits per heavy atom. The predicted octanol–water partition coefficient (Wildman–Crippen LogP) is 1.39. The standard InChI is InChI=1S/C13H19N3O4/c1-10(17)15-11-3-5-12(6-4-11)16-13(18)14-9-20-8-7-19-2/h3-6H,7-9H2,1-2H3,(H,15,17)(H2,14,16,18). The Morgan fingerprint density at radius 2 is 1.65 bits per heavy atom.